The molecule has 1 saturated carbocycles. The third kappa shape index (κ3) is 3.58. The van der Waals surface area contributed by atoms with Crippen LogP contribution in [-0.2, 0) is 17.2 Å². The largest absolute Gasteiger partial charge is 0.376 e. The fourth-order valence-corrected chi connectivity index (χ4v) is 3.44. The highest BCUT2D eigenvalue weighted by molar-refractivity contribution is 9.10. The third-order valence-corrected chi connectivity index (χ3v) is 4.64. The van der Waals surface area contributed by atoms with Crippen LogP contribution in [-0.4, -0.2) is 27.2 Å². The van der Waals surface area contributed by atoms with Crippen molar-refractivity contribution in [3.63, 3.8) is 0 Å². The van der Waals surface area contributed by atoms with Crippen LogP contribution in [0.25, 0.3) is 11.2 Å². The van der Waals surface area contributed by atoms with Crippen LogP contribution < -0.4 is 0 Å². The maximum Gasteiger partial charge on any atom is 0.160 e. The van der Waals surface area contributed by atoms with E-state index in [0.717, 1.165) is 28.0 Å². The summed E-state index contributed by atoms with van der Waals surface area (Å²) in [6.07, 6.45) is 8.54. The Morgan fingerprint density at radius 1 is 1.33 bits per heavy atom. The summed E-state index contributed by atoms with van der Waals surface area (Å²) in [6, 6.07) is 1.97. The molecule has 3 rings (SSSR count). The van der Waals surface area contributed by atoms with E-state index in [1.807, 2.05) is 6.07 Å². The van der Waals surface area contributed by atoms with Gasteiger partial charge in [0.15, 0.2) is 5.65 Å². The van der Waals surface area contributed by atoms with Crippen molar-refractivity contribution < 1.29 is 4.74 Å². The highest BCUT2D eigenvalue weighted by Gasteiger charge is 2.15. The average Bonchev–Trinajstić information content (AvgIpc) is 2.85. The fraction of sp³-hybridized carbons (Fsp3) is 0.600. The van der Waals surface area contributed by atoms with E-state index in [1.165, 1.54) is 32.1 Å². The van der Waals surface area contributed by atoms with Crippen LogP contribution in [0.2, 0.25) is 0 Å². The quantitative estimate of drug-likeness (QED) is 0.735. The Bertz CT molecular complexity index is 610. The van der Waals surface area contributed by atoms with E-state index in [-0.39, 0.29) is 0 Å². The van der Waals surface area contributed by atoms with E-state index in [1.54, 1.807) is 6.20 Å². The number of nitrogens with zero attached hydrogens (tertiary/aromatic N) is 3. The number of fused-ring (bicyclic) bond motifs is 1. The number of imidazole rings is 1. The molecule has 0 N–H and O–H groups in total. The summed E-state index contributed by atoms with van der Waals surface area (Å²) < 4.78 is 9.00. The van der Waals surface area contributed by atoms with E-state index in [2.05, 4.69) is 30.5 Å². The molecule has 6 heteroatoms. The van der Waals surface area contributed by atoms with E-state index >= 15 is 0 Å². The van der Waals surface area contributed by atoms with Crippen molar-refractivity contribution in [3.05, 3.63) is 22.6 Å². The molecule has 0 aliphatic heterocycles. The van der Waals surface area contributed by atoms with Gasteiger partial charge in [-0.3, -0.25) is 0 Å². The first-order valence-electron chi connectivity index (χ1n) is 7.46. The lowest BCUT2D eigenvalue weighted by molar-refractivity contribution is 0.0242. The predicted octanol–water partition coefficient (Wildman–Crippen LogP) is 4.28. The van der Waals surface area contributed by atoms with E-state index in [4.69, 9.17) is 16.3 Å². The molecule has 0 radical (unpaired) electrons. The monoisotopic (exact) mass is 371 g/mol. The van der Waals surface area contributed by atoms with Gasteiger partial charge in [0.25, 0.3) is 0 Å². The Morgan fingerprint density at radius 3 is 2.90 bits per heavy atom. The third-order valence-electron chi connectivity index (χ3n) is 3.97. The van der Waals surface area contributed by atoms with Gasteiger partial charge in [0.05, 0.1) is 18.6 Å². The molecule has 2 heterocycles. The van der Waals surface area contributed by atoms with Gasteiger partial charge in [-0.2, -0.15) is 0 Å². The minimum Gasteiger partial charge on any atom is -0.376 e. The summed E-state index contributed by atoms with van der Waals surface area (Å²) in [5.74, 6) is 1.24. The zero-order chi connectivity index (χ0) is 14.7. The number of aromatic nitrogens is 3. The molecular formula is C15H19BrClN3O. The van der Waals surface area contributed by atoms with Gasteiger partial charge in [-0.1, -0.05) is 19.3 Å². The number of hydrogen-bond acceptors (Lipinski definition) is 3. The Kier molecular flexibility index (Phi) is 5.14. The molecule has 2 aromatic heterocycles. The Labute approximate surface area is 138 Å². The number of rotatable bonds is 5. The lowest BCUT2D eigenvalue weighted by Crippen LogP contribution is -2.19. The molecule has 1 fully saturated rings. The molecule has 21 heavy (non-hydrogen) atoms. The van der Waals surface area contributed by atoms with Gasteiger partial charge in [-0.05, 0) is 34.8 Å². The molecule has 4 nitrogen and oxygen atoms in total. The minimum atomic E-state index is 0.386. The molecule has 0 bridgehead atoms. The molecule has 1 aliphatic rings. The zero-order valence-corrected chi connectivity index (χ0v) is 14.2. The highest BCUT2D eigenvalue weighted by atomic mass is 79.9. The smallest absolute Gasteiger partial charge is 0.160 e. The van der Waals surface area contributed by atoms with Crippen molar-refractivity contribution in [1.82, 2.24) is 14.5 Å². The molecule has 0 unspecified atom stereocenters. The topological polar surface area (TPSA) is 39.9 Å². The van der Waals surface area contributed by atoms with Crippen molar-refractivity contribution in [2.75, 3.05) is 6.61 Å². The van der Waals surface area contributed by atoms with Gasteiger partial charge in [0.1, 0.15) is 11.3 Å². The summed E-state index contributed by atoms with van der Waals surface area (Å²) in [6.45, 7) is 1.45. The lowest BCUT2D eigenvalue weighted by atomic mass is 9.98. The second kappa shape index (κ2) is 7.07. The van der Waals surface area contributed by atoms with Crippen molar-refractivity contribution in [3.8, 4) is 0 Å². The molecule has 0 atom stereocenters. The van der Waals surface area contributed by atoms with Gasteiger partial charge >= 0.3 is 0 Å². The van der Waals surface area contributed by atoms with Crippen molar-refractivity contribution >= 4 is 38.7 Å². The first kappa shape index (κ1) is 15.3. The Morgan fingerprint density at radius 2 is 2.14 bits per heavy atom. The van der Waals surface area contributed by atoms with E-state index in [0.29, 0.717) is 18.6 Å². The SMILES string of the molecule is ClCc1nc2cc(Br)cnc2n1CCOC1CCCCC1. The van der Waals surface area contributed by atoms with Crippen LogP contribution in [0.15, 0.2) is 16.7 Å². The number of alkyl halides is 1. The van der Waals surface area contributed by atoms with Gasteiger partial charge < -0.3 is 9.30 Å². The number of hydrogen-bond donors (Lipinski definition) is 0. The lowest BCUT2D eigenvalue weighted by Gasteiger charge is -2.22. The van der Waals surface area contributed by atoms with Crippen LogP contribution in [0.3, 0.4) is 0 Å². The first-order chi connectivity index (χ1) is 10.3. The van der Waals surface area contributed by atoms with Gasteiger partial charge in [-0.25, -0.2) is 9.97 Å². The molecule has 2 aromatic rings. The molecular weight excluding hydrogens is 354 g/mol. The maximum absolute atomic E-state index is 6.01. The zero-order valence-electron chi connectivity index (χ0n) is 11.9. The Hall–Kier alpha value is -0.650. The molecule has 0 spiro atoms. The number of ether oxygens (including phenoxy) is 1. The summed E-state index contributed by atoms with van der Waals surface area (Å²) in [5, 5.41) is 0. The van der Waals surface area contributed by atoms with Gasteiger partial charge in [0, 0.05) is 17.2 Å². The summed E-state index contributed by atoms with van der Waals surface area (Å²) in [4.78, 5) is 8.99. The number of halogens is 2. The standard InChI is InChI=1S/C15H19BrClN3O/c16-11-8-13-15(18-10-11)20(14(9-17)19-13)6-7-21-12-4-2-1-3-5-12/h8,10,12H,1-7,9H2. The summed E-state index contributed by atoms with van der Waals surface area (Å²) >= 11 is 9.43. The molecule has 0 saturated heterocycles. The summed E-state index contributed by atoms with van der Waals surface area (Å²) in [7, 11) is 0. The number of pyridine rings is 1. The fourth-order valence-electron chi connectivity index (χ4n) is 2.91. The second-order valence-electron chi connectivity index (χ2n) is 5.44. The second-order valence-corrected chi connectivity index (χ2v) is 6.62. The van der Waals surface area contributed by atoms with Gasteiger partial charge in [0.2, 0.25) is 0 Å². The van der Waals surface area contributed by atoms with E-state index < -0.39 is 0 Å². The molecule has 0 amide bonds. The van der Waals surface area contributed by atoms with Crippen molar-refractivity contribution in [2.45, 2.75) is 50.6 Å². The van der Waals surface area contributed by atoms with Crippen LogP contribution in [0, 0.1) is 0 Å². The van der Waals surface area contributed by atoms with Crippen LogP contribution in [0.5, 0.6) is 0 Å². The average molecular weight is 373 g/mol. The predicted molar refractivity (Wildman–Crippen MR) is 87.6 cm³/mol. The van der Waals surface area contributed by atoms with Crippen molar-refractivity contribution in [2.24, 2.45) is 0 Å². The normalized spacial score (nSPS) is 16.7. The minimum absolute atomic E-state index is 0.386. The van der Waals surface area contributed by atoms with Crippen LogP contribution >= 0.6 is 27.5 Å². The van der Waals surface area contributed by atoms with E-state index in [9.17, 15) is 0 Å². The van der Waals surface area contributed by atoms with Gasteiger partial charge in [-0.15, -0.1) is 11.6 Å². The van der Waals surface area contributed by atoms with Crippen LogP contribution in [0.1, 0.15) is 37.9 Å². The first-order valence-corrected chi connectivity index (χ1v) is 8.79. The molecule has 0 aromatic carbocycles. The van der Waals surface area contributed by atoms with Crippen LogP contribution in [0.4, 0.5) is 0 Å². The maximum atomic E-state index is 6.01. The molecule has 1 aliphatic carbocycles. The molecule has 114 valence electrons. The highest BCUT2D eigenvalue weighted by Crippen LogP contribution is 2.22. The van der Waals surface area contributed by atoms with Crippen molar-refractivity contribution in [1.29, 1.82) is 0 Å². The summed E-state index contributed by atoms with van der Waals surface area (Å²) in [5.41, 5.74) is 1.75. The Balaban J connectivity index is 1.70.